The van der Waals surface area contributed by atoms with Crippen molar-refractivity contribution in [2.24, 2.45) is 10.9 Å². The monoisotopic (exact) mass is 345 g/mol. The van der Waals surface area contributed by atoms with Crippen LogP contribution >= 0.6 is 11.6 Å². The molecule has 24 heavy (non-hydrogen) atoms. The van der Waals surface area contributed by atoms with Gasteiger partial charge in [-0.15, -0.1) is 0 Å². The molecule has 0 bridgehead atoms. The Hall–Kier alpha value is -2.86. The normalized spacial score (nSPS) is 11.5. The van der Waals surface area contributed by atoms with Crippen LogP contribution in [-0.2, 0) is 11.4 Å². The summed E-state index contributed by atoms with van der Waals surface area (Å²) in [6.45, 7) is 0.0695. The first kappa shape index (κ1) is 16.0. The lowest BCUT2D eigenvalue weighted by Crippen LogP contribution is -2.13. The zero-order valence-corrected chi connectivity index (χ0v) is 13.2. The van der Waals surface area contributed by atoms with Crippen LogP contribution in [0.3, 0.4) is 0 Å². The van der Waals surface area contributed by atoms with Gasteiger partial charge >= 0.3 is 0 Å². The largest absolute Gasteiger partial charge is 0.444 e. The minimum absolute atomic E-state index is 0.0695. The molecule has 0 unspecified atom stereocenters. The molecule has 0 aliphatic heterocycles. The Morgan fingerprint density at radius 3 is 2.88 bits per heavy atom. The lowest BCUT2D eigenvalue weighted by Gasteiger charge is -2.01. The third kappa shape index (κ3) is 3.91. The summed E-state index contributed by atoms with van der Waals surface area (Å²) < 4.78 is 18.5. The smallest absolute Gasteiger partial charge is 0.226 e. The van der Waals surface area contributed by atoms with Crippen molar-refractivity contribution in [2.75, 3.05) is 0 Å². The van der Waals surface area contributed by atoms with Crippen molar-refractivity contribution >= 4 is 17.4 Å². The molecule has 3 aromatic rings. The van der Waals surface area contributed by atoms with Crippen molar-refractivity contribution in [2.45, 2.75) is 6.61 Å². The van der Waals surface area contributed by atoms with Crippen LogP contribution in [0.5, 0.6) is 0 Å². The molecule has 122 valence electrons. The summed E-state index contributed by atoms with van der Waals surface area (Å²) in [6, 6.07) is 12.9. The number of aromatic nitrogens is 1. The standard InChI is InChI=1S/C17H13ClFN3O2/c18-13-5-1-3-11(7-13)16(20)22-24-10-15-9-23-17(21-15)12-4-2-6-14(19)8-12/h1-9H,10H2,(H2,20,22). The molecule has 7 heteroatoms. The van der Waals surface area contributed by atoms with E-state index >= 15 is 0 Å². The van der Waals surface area contributed by atoms with E-state index in [4.69, 9.17) is 26.6 Å². The van der Waals surface area contributed by atoms with Gasteiger partial charge in [0.1, 0.15) is 17.8 Å². The van der Waals surface area contributed by atoms with Gasteiger partial charge in [0.2, 0.25) is 5.89 Å². The van der Waals surface area contributed by atoms with Gasteiger partial charge in [0.15, 0.2) is 12.4 Å². The van der Waals surface area contributed by atoms with E-state index < -0.39 is 0 Å². The van der Waals surface area contributed by atoms with E-state index in [1.54, 1.807) is 36.4 Å². The van der Waals surface area contributed by atoms with Crippen LogP contribution in [0.4, 0.5) is 4.39 Å². The molecule has 0 amide bonds. The van der Waals surface area contributed by atoms with Crippen molar-refractivity contribution < 1.29 is 13.6 Å². The fourth-order valence-electron chi connectivity index (χ4n) is 2.00. The highest BCUT2D eigenvalue weighted by Crippen LogP contribution is 2.19. The maximum absolute atomic E-state index is 13.2. The highest BCUT2D eigenvalue weighted by Gasteiger charge is 2.08. The molecule has 0 radical (unpaired) electrons. The second kappa shape index (κ2) is 7.14. The van der Waals surface area contributed by atoms with E-state index in [1.807, 2.05) is 0 Å². The number of hydrogen-bond donors (Lipinski definition) is 1. The molecule has 0 aliphatic carbocycles. The molecule has 1 heterocycles. The van der Waals surface area contributed by atoms with Crippen molar-refractivity contribution in [1.82, 2.24) is 4.98 Å². The Labute approximate surface area is 142 Å². The van der Waals surface area contributed by atoms with Gasteiger partial charge < -0.3 is 15.0 Å². The molecule has 0 spiro atoms. The van der Waals surface area contributed by atoms with E-state index in [1.165, 1.54) is 18.4 Å². The summed E-state index contributed by atoms with van der Waals surface area (Å²) in [5, 5.41) is 4.38. The summed E-state index contributed by atoms with van der Waals surface area (Å²) in [4.78, 5) is 9.39. The third-order valence-corrected chi connectivity index (χ3v) is 3.35. The maximum atomic E-state index is 13.2. The van der Waals surface area contributed by atoms with Crippen LogP contribution in [0.1, 0.15) is 11.3 Å². The number of oxime groups is 1. The van der Waals surface area contributed by atoms with E-state index in [2.05, 4.69) is 10.1 Å². The van der Waals surface area contributed by atoms with Gasteiger partial charge in [-0.1, -0.05) is 35.0 Å². The van der Waals surface area contributed by atoms with Crippen molar-refractivity contribution in [1.29, 1.82) is 0 Å². The molecular weight excluding hydrogens is 333 g/mol. The number of nitrogens with two attached hydrogens (primary N) is 1. The first-order valence-electron chi connectivity index (χ1n) is 7.03. The maximum Gasteiger partial charge on any atom is 0.226 e. The average molecular weight is 346 g/mol. The highest BCUT2D eigenvalue weighted by molar-refractivity contribution is 6.31. The van der Waals surface area contributed by atoms with Crippen LogP contribution in [0, 0.1) is 5.82 Å². The Morgan fingerprint density at radius 1 is 1.25 bits per heavy atom. The molecule has 0 saturated heterocycles. The van der Waals surface area contributed by atoms with Gasteiger partial charge in [0.25, 0.3) is 0 Å². The van der Waals surface area contributed by atoms with E-state index in [9.17, 15) is 4.39 Å². The Balaban J connectivity index is 1.64. The number of oxazole rings is 1. The predicted octanol–water partition coefficient (Wildman–Crippen LogP) is 3.97. The summed E-state index contributed by atoms with van der Waals surface area (Å²) in [7, 11) is 0. The van der Waals surface area contributed by atoms with Crippen LogP contribution in [-0.4, -0.2) is 10.8 Å². The van der Waals surface area contributed by atoms with Gasteiger partial charge in [-0.2, -0.15) is 0 Å². The number of rotatable bonds is 5. The molecule has 1 aromatic heterocycles. The van der Waals surface area contributed by atoms with Crippen molar-refractivity contribution in [3.8, 4) is 11.5 Å². The highest BCUT2D eigenvalue weighted by atomic mass is 35.5. The van der Waals surface area contributed by atoms with Gasteiger partial charge in [-0.25, -0.2) is 9.37 Å². The lowest BCUT2D eigenvalue weighted by molar-refractivity contribution is 0.127. The fraction of sp³-hybridized carbons (Fsp3) is 0.0588. The van der Waals surface area contributed by atoms with E-state index in [0.717, 1.165) is 0 Å². The number of nitrogens with zero attached hydrogens (tertiary/aromatic N) is 2. The fourth-order valence-corrected chi connectivity index (χ4v) is 2.19. The zero-order valence-electron chi connectivity index (χ0n) is 12.4. The Bertz CT molecular complexity index is 880. The minimum Gasteiger partial charge on any atom is -0.444 e. The second-order valence-electron chi connectivity index (χ2n) is 4.91. The molecule has 0 aliphatic rings. The minimum atomic E-state index is -0.359. The SMILES string of the molecule is N/C(=N/OCc1coc(-c2cccc(F)c2)n1)c1cccc(Cl)c1. The summed E-state index contributed by atoms with van der Waals surface area (Å²) in [5.74, 6) is 0.147. The number of benzene rings is 2. The van der Waals surface area contributed by atoms with Crippen LogP contribution in [0.25, 0.3) is 11.5 Å². The average Bonchev–Trinajstić information content (AvgIpc) is 3.04. The molecule has 0 saturated carbocycles. The number of amidine groups is 1. The molecule has 3 rings (SSSR count). The topological polar surface area (TPSA) is 73.6 Å². The van der Waals surface area contributed by atoms with Gasteiger partial charge in [-0.05, 0) is 30.3 Å². The van der Waals surface area contributed by atoms with Crippen molar-refractivity contribution in [3.05, 3.63) is 76.9 Å². The molecule has 0 fully saturated rings. The molecule has 0 atom stereocenters. The summed E-state index contributed by atoms with van der Waals surface area (Å²) in [6.07, 6.45) is 1.42. The van der Waals surface area contributed by atoms with Gasteiger partial charge in [-0.3, -0.25) is 0 Å². The van der Waals surface area contributed by atoms with Gasteiger partial charge in [0.05, 0.1) is 0 Å². The number of hydrogen-bond acceptors (Lipinski definition) is 4. The Kier molecular flexibility index (Phi) is 4.77. The van der Waals surface area contributed by atoms with Crippen LogP contribution in [0.15, 0.2) is 64.4 Å². The first-order valence-corrected chi connectivity index (χ1v) is 7.41. The Morgan fingerprint density at radius 2 is 2.08 bits per heavy atom. The molecule has 5 nitrogen and oxygen atoms in total. The van der Waals surface area contributed by atoms with Crippen LogP contribution < -0.4 is 5.73 Å². The summed E-state index contributed by atoms with van der Waals surface area (Å²) >= 11 is 5.89. The number of halogens is 2. The summed E-state index contributed by atoms with van der Waals surface area (Å²) in [5.41, 5.74) is 7.53. The van der Waals surface area contributed by atoms with Crippen molar-refractivity contribution in [3.63, 3.8) is 0 Å². The predicted molar refractivity (Wildman–Crippen MR) is 88.9 cm³/mol. The third-order valence-electron chi connectivity index (χ3n) is 3.12. The quantitative estimate of drug-likeness (QED) is 0.431. The first-order chi connectivity index (χ1) is 11.6. The van der Waals surface area contributed by atoms with E-state index in [-0.39, 0.29) is 18.3 Å². The zero-order chi connectivity index (χ0) is 16.9. The molecule has 2 N–H and O–H groups in total. The molecule has 2 aromatic carbocycles. The van der Waals surface area contributed by atoms with E-state index in [0.29, 0.717) is 27.7 Å². The van der Waals surface area contributed by atoms with Gasteiger partial charge in [0, 0.05) is 16.1 Å². The lowest BCUT2D eigenvalue weighted by atomic mass is 10.2. The van der Waals surface area contributed by atoms with Crippen LogP contribution in [0.2, 0.25) is 5.02 Å². The molecular formula is C17H13ClFN3O2. The second-order valence-corrected chi connectivity index (χ2v) is 5.35.